The summed E-state index contributed by atoms with van der Waals surface area (Å²) in [6.07, 6.45) is 6.82. The fourth-order valence-electron chi connectivity index (χ4n) is 4.85. The van der Waals surface area contributed by atoms with E-state index >= 15 is 0 Å². The molecule has 2 amide bonds. The van der Waals surface area contributed by atoms with Crippen molar-refractivity contribution in [2.45, 2.75) is 78.2 Å². The summed E-state index contributed by atoms with van der Waals surface area (Å²) in [6, 6.07) is 0.240. The standard InChI is InChI=1S/C24H32N2O4S/c1-4-14-5-8-16-19(11-14)31-23(20(16)22(28)25-15-6-7-15)26-21(27)17-9-12(2)13(3)10-18(17)24(29)30/h14-15,17-18H,4-11H2,1-3H3,(H,25,28)(H,26,27)(H,29,30). The van der Waals surface area contributed by atoms with Crippen molar-refractivity contribution in [1.29, 1.82) is 0 Å². The predicted octanol–water partition coefficient (Wildman–Crippen LogP) is 4.54. The van der Waals surface area contributed by atoms with Gasteiger partial charge < -0.3 is 15.7 Å². The number of aliphatic carboxylic acids is 1. The van der Waals surface area contributed by atoms with Gasteiger partial charge in [-0.1, -0.05) is 24.5 Å². The molecule has 0 saturated heterocycles. The van der Waals surface area contributed by atoms with Crippen LogP contribution < -0.4 is 10.6 Å². The largest absolute Gasteiger partial charge is 0.481 e. The summed E-state index contributed by atoms with van der Waals surface area (Å²) in [5.41, 5.74) is 3.83. The molecular formula is C24H32N2O4S. The van der Waals surface area contributed by atoms with Crippen molar-refractivity contribution in [2.75, 3.05) is 5.32 Å². The van der Waals surface area contributed by atoms with Gasteiger partial charge in [-0.05, 0) is 70.3 Å². The molecule has 0 spiro atoms. The molecule has 168 valence electrons. The zero-order valence-electron chi connectivity index (χ0n) is 18.5. The molecule has 0 aromatic carbocycles. The first-order valence-electron chi connectivity index (χ1n) is 11.4. The highest BCUT2D eigenvalue weighted by Crippen LogP contribution is 2.42. The van der Waals surface area contributed by atoms with Crippen LogP contribution in [0.3, 0.4) is 0 Å². The molecule has 1 aromatic heterocycles. The Morgan fingerprint density at radius 2 is 1.71 bits per heavy atom. The van der Waals surface area contributed by atoms with Gasteiger partial charge in [0, 0.05) is 10.9 Å². The summed E-state index contributed by atoms with van der Waals surface area (Å²) in [5.74, 6) is -2.06. The quantitative estimate of drug-likeness (QED) is 0.561. The third kappa shape index (κ3) is 4.56. The first-order chi connectivity index (χ1) is 14.8. The van der Waals surface area contributed by atoms with Crippen LogP contribution in [0, 0.1) is 17.8 Å². The summed E-state index contributed by atoms with van der Waals surface area (Å²) in [5, 5.41) is 16.4. The van der Waals surface area contributed by atoms with Crippen LogP contribution >= 0.6 is 11.3 Å². The van der Waals surface area contributed by atoms with Crippen molar-refractivity contribution in [3.05, 3.63) is 27.2 Å². The highest BCUT2D eigenvalue weighted by molar-refractivity contribution is 7.17. The van der Waals surface area contributed by atoms with E-state index in [2.05, 4.69) is 17.6 Å². The molecule has 0 bridgehead atoms. The molecule has 3 atom stereocenters. The lowest BCUT2D eigenvalue weighted by molar-refractivity contribution is -0.146. The fourth-order valence-corrected chi connectivity index (χ4v) is 6.21. The Labute approximate surface area is 187 Å². The van der Waals surface area contributed by atoms with Crippen LogP contribution in [0.15, 0.2) is 11.1 Å². The van der Waals surface area contributed by atoms with E-state index < -0.39 is 17.8 Å². The molecule has 3 unspecified atom stereocenters. The van der Waals surface area contributed by atoms with E-state index in [1.54, 1.807) is 0 Å². The number of hydrogen-bond acceptors (Lipinski definition) is 4. The van der Waals surface area contributed by atoms with Gasteiger partial charge in [-0.25, -0.2) is 0 Å². The number of carboxylic acid groups (broad SMARTS) is 1. The molecule has 31 heavy (non-hydrogen) atoms. The molecule has 1 heterocycles. The number of rotatable bonds is 6. The summed E-state index contributed by atoms with van der Waals surface area (Å²) in [6.45, 7) is 6.10. The molecule has 6 nitrogen and oxygen atoms in total. The average molecular weight is 445 g/mol. The third-order valence-electron chi connectivity index (χ3n) is 7.24. The van der Waals surface area contributed by atoms with Crippen molar-refractivity contribution in [3.8, 4) is 0 Å². The van der Waals surface area contributed by atoms with Gasteiger partial charge in [-0.2, -0.15) is 0 Å². The number of amides is 2. The number of allylic oxidation sites excluding steroid dienone is 2. The zero-order chi connectivity index (χ0) is 22.3. The normalized spacial score (nSPS) is 25.7. The number of carbonyl (C=O) groups excluding carboxylic acids is 2. The first-order valence-corrected chi connectivity index (χ1v) is 12.2. The van der Waals surface area contributed by atoms with E-state index in [9.17, 15) is 19.5 Å². The van der Waals surface area contributed by atoms with Crippen LogP contribution in [0.4, 0.5) is 5.00 Å². The van der Waals surface area contributed by atoms with Crippen molar-refractivity contribution in [2.24, 2.45) is 17.8 Å². The summed E-state index contributed by atoms with van der Waals surface area (Å²) in [4.78, 5) is 39.4. The van der Waals surface area contributed by atoms with Gasteiger partial charge >= 0.3 is 5.97 Å². The minimum absolute atomic E-state index is 0.101. The molecule has 3 aliphatic carbocycles. The van der Waals surface area contributed by atoms with Crippen LogP contribution in [-0.4, -0.2) is 28.9 Å². The lowest BCUT2D eigenvalue weighted by Crippen LogP contribution is -2.37. The lowest BCUT2D eigenvalue weighted by atomic mass is 9.76. The summed E-state index contributed by atoms with van der Waals surface area (Å²) < 4.78 is 0. The molecule has 0 radical (unpaired) electrons. The highest BCUT2D eigenvalue weighted by Gasteiger charge is 2.39. The minimum Gasteiger partial charge on any atom is -0.481 e. The fraction of sp³-hybridized carbons (Fsp3) is 0.625. The Hall–Kier alpha value is -2.15. The second-order valence-electron chi connectivity index (χ2n) is 9.48. The SMILES string of the molecule is CCC1CCc2c(sc(NC(=O)C3CC(C)=C(C)CC3C(=O)O)c2C(=O)NC2CC2)C1. The molecule has 4 rings (SSSR count). The van der Waals surface area contributed by atoms with Gasteiger partial charge in [0.15, 0.2) is 0 Å². The Morgan fingerprint density at radius 3 is 2.32 bits per heavy atom. The highest BCUT2D eigenvalue weighted by atomic mass is 32.1. The summed E-state index contributed by atoms with van der Waals surface area (Å²) in [7, 11) is 0. The van der Waals surface area contributed by atoms with Gasteiger partial charge in [0.1, 0.15) is 5.00 Å². The Bertz CT molecular complexity index is 944. The smallest absolute Gasteiger partial charge is 0.307 e. The second kappa shape index (κ2) is 8.77. The van der Waals surface area contributed by atoms with Crippen molar-refractivity contribution in [3.63, 3.8) is 0 Å². The van der Waals surface area contributed by atoms with E-state index in [1.165, 1.54) is 16.2 Å². The van der Waals surface area contributed by atoms with Crippen molar-refractivity contribution < 1.29 is 19.5 Å². The van der Waals surface area contributed by atoms with Crippen LogP contribution in [0.2, 0.25) is 0 Å². The zero-order valence-corrected chi connectivity index (χ0v) is 19.4. The minimum atomic E-state index is -0.935. The van der Waals surface area contributed by atoms with Crippen molar-refractivity contribution in [1.82, 2.24) is 5.32 Å². The predicted molar refractivity (Wildman–Crippen MR) is 121 cm³/mol. The number of carbonyl (C=O) groups is 3. The molecule has 7 heteroatoms. The molecule has 1 fully saturated rings. The molecule has 3 N–H and O–H groups in total. The van der Waals surface area contributed by atoms with Crippen LogP contribution in [0.25, 0.3) is 0 Å². The van der Waals surface area contributed by atoms with E-state index in [4.69, 9.17) is 0 Å². The maximum absolute atomic E-state index is 13.3. The topological polar surface area (TPSA) is 95.5 Å². The Morgan fingerprint density at radius 1 is 1.03 bits per heavy atom. The van der Waals surface area contributed by atoms with Gasteiger partial charge in [0.2, 0.25) is 5.91 Å². The molecule has 3 aliphatic rings. The van der Waals surface area contributed by atoms with Gasteiger partial charge in [-0.3, -0.25) is 14.4 Å². The monoisotopic (exact) mass is 444 g/mol. The number of nitrogens with one attached hydrogen (secondary N) is 2. The number of carboxylic acids is 1. The maximum Gasteiger partial charge on any atom is 0.307 e. The Balaban J connectivity index is 1.62. The number of anilines is 1. The van der Waals surface area contributed by atoms with E-state index in [-0.39, 0.29) is 17.9 Å². The Kier molecular flexibility index (Phi) is 6.24. The second-order valence-corrected chi connectivity index (χ2v) is 10.6. The maximum atomic E-state index is 13.3. The van der Waals surface area contributed by atoms with Crippen molar-refractivity contribution >= 4 is 34.1 Å². The van der Waals surface area contributed by atoms with Crippen LogP contribution in [0.1, 0.15) is 80.1 Å². The average Bonchev–Trinajstić information content (AvgIpc) is 3.47. The van der Waals surface area contributed by atoms with E-state index in [1.807, 2.05) is 13.8 Å². The molecule has 1 aromatic rings. The third-order valence-corrected chi connectivity index (χ3v) is 8.41. The molecular weight excluding hydrogens is 412 g/mol. The van der Waals surface area contributed by atoms with Gasteiger partial charge in [0.25, 0.3) is 5.91 Å². The van der Waals surface area contributed by atoms with Gasteiger partial charge in [0.05, 0.1) is 17.4 Å². The molecule has 0 aliphatic heterocycles. The van der Waals surface area contributed by atoms with E-state index in [0.29, 0.717) is 29.3 Å². The van der Waals surface area contributed by atoms with Crippen LogP contribution in [-0.2, 0) is 22.4 Å². The lowest BCUT2D eigenvalue weighted by Gasteiger charge is -2.29. The number of hydrogen-bond donors (Lipinski definition) is 3. The molecule has 1 saturated carbocycles. The summed E-state index contributed by atoms with van der Waals surface area (Å²) >= 11 is 1.51. The number of fused-ring (bicyclic) bond motifs is 1. The van der Waals surface area contributed by atoms with E-state index in [0.717, 1.165) is 55.2 Å². The first kappa shape index (κ1) is 22.1. The number of thiophene rings is 1. The van der Waals surface area contributed by atoms with Gasteiger partial charge in [-0.15, -0.1) is 11.3 Å². The van der Waals surface area contributed by atoms with Crippen LogP contribution in [0.5, 0.6) is 0 Å².